The van der Waals surface area contributed by atoms with E-state index in [1.54, 1.807) is 29.9 Å². The molecule has 0 spiro atoms. The lowest BCUT2D eigenvalue weighted by molar-refractivity contribution is 0.102. The monoisotopic (exact) mass is 266 g/mol. The highest BCUT2D eigenvalue weighted by atomic mass is 79.9. The molecule has 5 nitrogen and oxygen atoms in total. The molecule has 2 aromatic rings. The molecule has 0 N–H and O–H groups in total. The maximum absolute atomic E-state index is 11.9. The van der Waals surface area contributed by atoms with Crippen LogP contribution in [-0.2, 0) is 7.05 Å². The van der Waals surface area contributed by atoms with Gasteiger partial charge < -0.3 is 4.57 Å². The zero-order valence-corrected chi connectivity index (χ0v) is 9.47. The Kier molecular flexibility index (Phi) is 2.59. The van der Waals surface area contributed by atoms with Crippen LogP contribution in [0.3, 0.4) is 0 Å². The van der Waals surface area contributed by atoms with Gasteiger partial charge in [0, 0.05) is 17.7 Å². The summed E-state index contributed by atoms with van der Waals surface area (Å²) >= 11 is 3.27. The third-order valence-corrected chi connectivity index (χ3v) is 2.53. The first kappa shape index (κ1) is 9.97. The number of aryl methyl sites for hydroxylation is 1. The third kappa shape index (κ3) is 1.80. The summed E-state index contributed by atoms with van der Waals surface area (Å²) < 4.78 is 2.21. The zero-order valence-electron chi connectivity index (χ0n) is 7.88. The summed E-state index contributed by atoms with van der Waals surface area (Å²) in [4.78, 5) is 15.9. The van der Waals surface area contributed by atoms with Gasteiger partial charge in [-0.2, -0.15) is 0 Å². The lowest BCUT2D eigenvalue weighted by Gasteiger charge is -2.00. The van der Waals surface area contributed by atoms with Crippen molar-refractivity contribution in [3.8, 4) is 0 Å². The molecule has 0 saturated carbocycles. The maximum Gasteiger partial charge on any atom is 0.249 e. The van der Waals surface area contributed by atoms with Gasteiger partial charge in [-0.1, -0.05) is 0 Å². The van der Waals surface area contributed by atoms with E-state index in [-0.39, 0.29) is 11.6 Å². The van der Waals surface area contributed by atoms with Crippen LogP contribution in [0.25, 0.3) is 0 Å². The van der Waals surface area contributed by atoms with Gasteiger partial charge in [-0.05, 0) is 28.1 Å². The van der Waals surface area contributed by atoms with Crippen molar-refractivity contribution < 1.29 is 4.79 Å². The van der Waals surface area contributed by atoms with Crippen LogP contribution in [0, 0.1) is 0 Å². The average molecular weight is 267 g/mol. The maximum atomic E-state index is 11.9. The summed E-state index contributed by atoms with van der Waals surface area (Å²) in [5, 5.41) is 7.38. The summed E-state index contributed by atoms with van der Waals surface area (Å²) in [6.07, 6.45) is 3.04. The molecule has 0 radical (unpaired) electrons. The summed E-state index contributed by atoms with van der Waals surface area (Å²) in [6.45, 7) is 0. The molecule has 2 heterocycles. The molecule has 0 fully saturated rings. The van der Waals surface area contributed by atoms with E-state index in [1.165, 1.54) is 6.33 Å². The quantitative estimate of drug-likeness (QED) is 0.767. The first-order chi connectivity index (χ1) is 7.20. The predicted octanol–water partition coefficient (Wildman–Crippen LogP) is 1.20. The highest BCUT2D eigenvalue weighted by Gasteiger charge is 2.18. The number of ketones is 1. The minimum absolute atomic E-state index is 0.248. The van der Waals surface area contributed by atoms with Gasteiger partial charge in [-0.15, -0.1) is 10.2 Å². The van der Waals surface area contributed by atoms with Crippen LogP contribution in [0.15, 0.2) is 29.1 Å². The van der Waals surface area contributed by atoms with Gasteiger partial charge in [0.25, 0.3) is 0 Å². The molecule has 0 aliphatic rings. The normalized spacial score (nSPS) is 10.3. The lowest BCUT2D eigenvalue weighted by Crippen LogP contribution is -2.11. The molecule has 0 bridgehead atoms. The molecule has 0 aromatic carbocycles. The van der Waals surface area contributed by atoms with Gasteiger partial charge in [0.05, 0.1) is 0 Å². The minimum atomic E-state index is -0.248. The van der Waals surface area contributed by atoms with E-state index < -0.39 is 0 Å². The Labute approximate surface area is 94.3 Å². The summed E-state index contributed by atoms with van der Waals surface area (Å²) in [7, 11) is 1.71. The van der Waals surface area contributed by atoms with E-state index in [4.69, 9.17) is 0 Å². The summed E-state index contributed by atoms with van der Waals surface area (Å²) in [5.74, 6) is 0.0249. The molecule has 15 heavy (non-hydrogen) atoms. The van der Waals surface area contributed by atoms with Crippen LogP contribution in [0.4, 0.5) is 0 Å². The van der Waals surface area contributed by atoms with Crippen molar-refractivity contribution in [2.45, 2.75) is 0 Å². The highest BCUT2D eigenvalue weighted by Crippen LogP contribution is 2.15. The van der Waals surface area contributed by atoms with Crippen molar-refractivity contribution >= 4 is 21.7 Å². The highest BCUT2D eigenvalue weighted by molar-refractivity contribution is 9.10. The number of aromatic nitrogens is 4. The fourth-order valence-corrected chi connectivity index (χ4v) is 1.58. The molecule has 0 atom stereocenters. The topological polar surface area (TPSA) is 60.7 Å². The number of nitrogens with zero attached hydrogens (tertiary/aromatic N) is 4. The van der Waals surface area contributed by atoms with Crippen molar-refractivity contribution in [2.75, 3.05) is 0 Å². The Morgan fingerprint density at radius 3 is 2.93 bits per heavy atom. The molecule has 0 aliphatic carbocycles. The Morgan fingerprint density at radius 1 is 1.53 bits per heavy atom. The second-order valence-electron chi connectivity index (χ2n) is 2.93. The first-order valence-electron chi connectivity index (χ1n) is 4.19. The zero-order chi connectivity index (χ0) is 10.8. The van der Waals surface area contributed by atoms with E-state index in [0.29, 0.717) is 10.2 Å². The van der Waals surface area contributed by atoms with Crippen molar-refractivity contribution in [3.05, 3.63) is 40.6 Å². The fourth-order valence-electron chi connectivity index (χ4n) is 1.15. The van der Waals surface area contributed by atoms with E-state index in [1.807, 2.05) is 0 Å². The summed E-state index contributed by atoms with van der Waals surface area (Å²) in [6, 6.07) is 3.51. The third-order valence-electron chi connectivity index (χ3n) is 1.89. The Bertz CT molecular complexity index is 508. The van der Waals surface area contributed by atoms with Gasteiger partial charge in [0.1, 0.15) is 12.0 Å². The lowest BCUT2D eigenvalue weighted by atomic mass is 10.2. The number of hydrogen-bond acceptors (Lipinski definition) is 4. The van der Waals surface area contributed by atoms with Crippen LogP contribution >= 0.6 is 15.9 Å². The molecule has 0 amide bonds. The number of pyridine rings is 1. The van der Waals surface area contributed by atoms with Crippen LogP contribution in [0.1, 0.15) is 16.3 Å². The van der Waals surface area contributed by atoms with E-state index in [2.05, 4.69) is 31.1 Å². The number of halogens is 1. The molecule has 76 valence electrons. The molecule has 0 saturated heterocycles. The van der Waals surface area contributed by atoms with Crippen molar-refractivity contribution in [3.63, 3.8) is 0 Å². The largest absolute Gasteiger partial charge is 0.314 e. The van der Waals surface area contributed by atoms with Gasteiger partial charge in [0.2, 0.25) is 11.6 Å². The predicted molar refractivity (Wildman–Crippen MR) is 56.4 cm³/mol. The molecular weight excluding hydrogens is 260 g/mol. The first-order valence-corrected chi connectivity index (χ1v) is 4.98. The molecule has 2 rings (SSSR count). The summed E-state index contributed by atoms with van der Waals surface area (Å²) in [5.41, 5.74) is 0.341. The van der Waals surface area contributed by atoms with Crippen LogP contribution < -0.4 is 0 Å². The Balaban J connectivity index is 2.46. The smallest absolute Gasteiger partial charge is 0.249 e. The number of carbonyl (C=O) groups is 1. The molecule has 2 aromatic heterocycles. The number of rotatable bonds is 2. The van der Waals surface area contributed by atoms with Crippen LogP contribution in [-0.4, -0.2) is 25.5 Å². The second-order valence-corrected chi connectivity index (χ2v) is 3.78. The van der Waals surface area contributed by atoms with E-state index >= 15 is 0 Å². The fraction of sp³-hybridized carbons (Fsp3) is 0.111. The van der Waals surface area contributed by atoms with E-state index in [9.17, 15) is 4.79 Å². The average Bonchev–Trinajstić information content (AvgIpc) is 2.64. The number of carbonyl (C=O) groups excluding carboxylic acids is 1. The Morgan fingerprint density at radius 2 is 2.33 bits per heavy atom. The van der Waals surface area contributed by atoms with Crippen molar-refractivity contribution in [1.29, 1.82) is 0 Å². The van der Waals surface area contributed by atoms with Gasteiger partial charge in [-0.25, -0.2) is 0 Å². The standard InChI is InChI=1S/C9H7BrN4O/c1-14-5-12-13-9(14)8(15)7-6(10)3-2-4-11-7/h2-5H,1H3. The Hall–Kier alpha value is -1.56. The van der Waals surface area contributed by atoms with Gasteiger partial charge in [0.15, 0.2) is 0 Å². The molecule has 0 unspecified atom stereocenters. The van der Waals surface area contributed by atoms with Crippen LogP contribution in [0.5, 0.6) is 0 Å². The SMILES string of the molecule is Cn1cnnc1C(=O)c1ncccc1Br. The van der Waals surface area contributed by atoms with Crippen molar-refractivity contribution in [1.82, 2.24) is 19.7 Å². The van der Waals surface area contributed by atoms with Crippen molar-refractivity contribution in [2.24, 2.45) is 7.05 Å². The second kappa shape index (κ2) is 3.90. The molecule has 6 heteroatoms. The van der Waals surface area contributed by atoms with Gasteiger partial charge in [-0.3, -0.25) is 9.78 Å². The van der Waals surface area contributed by atoms with E-state index in [0.717, 1.165) is 0 Å². The molecular formula is C9H7BrN4O. The molecule has 0 aliphatic heterocycles. The minimum Gasteiger partial charge on any atom is -0.314 e. The van der Waals surface area contributed by atoms with Crippen LogP contribution in [0.2, 0.25) is 0 Å². The number of hydrogen-bond donors (Lipinski definition) is 0. The van der Waals surface area contributed by atoms with Gasteiger partial charge >= 0.3 is 0 Å².